The molecule has 0 unspecified atom stereocenters. The fraction of sp³-hybridized carbons (Fsp3) is 0.0714. The summed E-state index contributed by atoms with van der Waals surface area (Å²) in [4.78, 5) is 21.5. The van der Waals surface area contributed by atoms with Gasteiger partial charge in [-0.15, -0.1) is 0 Å². The highest BCUT2D eigenvalue weighted by Gasteiger charge is 2.21. The molecule has 2 aromatic rings. The summed E-state index contributed by atoms with van der Waals surface area (Å²) in [6.45, 7) is 0.420. The number of fused-ring (bicyclic) bond motifs is 1. The van der Waals surface area contributed by atoms with Crippen LogP contribution >= 0.6 is 0 Å². The van der Waals surface area contributed by atoms with Crippen molar-refractivity contribution in [1.82, 2.24) is 5.32 Å². The summed E-state index contributed by atoms with van der Waals surface area (Å²) >= 11 is 0. The Morgan fingerprint density at radius 3 is 2.48 bits per heavy atom. The van der Waals surface area contributed by atoms with Crippen LogP contribution < -0.4 is 10.0 Å². The topological polar surface area (TPSA) is 118 Å². The summed E-state index contributed by atoms with van der Waals surface area (Å²) in [5.74, 6) is -0.253. The zero-order valence-corrected chi connectivity index (χ0v) is 12.5. The summed E-state index contributed by atoms with van der Waals surface area (Å²) < 4.78 is 26.9. The molecule has 1 aliphatic heterocycles. The Bertz CT molecular complexity index is 907. The third-order valence-corrected chi connectivity index (χ3v) is 4.80. The van der Waals surface area contributed by atoms with E-state index in [1.807, 2.05) is 0 Å². The number of carbonyl (C=O) groups is 1. The first-order chi connectivity index (χ1) is 10.9. The van der Waals surface area contributed by atoms with E-state index in [1.54, 1.807) is 12.1 Å². The van der Waals surface area contributed by atoms with Gasteiger partial charge in [-0.05, 0) is 29.8 Å². The van der Waals surface area contributed by atoms with Crippen LogP contribution in [-0.2, 0) is 16.6 Å². The largest absolute Gasteiger partial charge is 0.348 e. The number of nitro benzene ring substituents is 1. The summed E-state index contributed by atoms with van der Waals surface area (Å²) in [7, 11) is -3.90. The Labute approximate surface area is 131 Å². The fourth-order valence-corrected chi connectivity index (χ4v) is 3.29. The zero-order valence-electron chi connectivity index (χ0n) is 11.6. The van der Waals surface area contributed by atoms with E-state index >= 15 is 0 Å². The Kier molecular flexibility index (Phi) is 3.49. The number of sulfonamides is 1. The van der Waals surface area contributed by atoms with E-state index in [0.29, 0.717) is 12.1 Å². The molecule has 118 valence electrons. The Morgan fingerprint density at radius 1 is 1.13 bits per heavy atom. The van der Waals surface area contributed by atoms with Crippen molar-refractivity contribution in [2.24, 2.45) is 0 Å². The molecule has 0 saturated carbocycles. The number of rotatable bonds is 4. The van der Waals surface area contributed by atoms with Crippen molar-refractivity contribution in [2.45, 2.75) is 11.4 Å². The highest BCUT2D eigenvalue weighted by atomic mass is 32.2. The van der Waals surface area contributed by atoms with Crippen LogP contribution in [0.1, 0.15) is 15.9 Å². The highest BCUT2D eigenvalue weighted by Crippen LogP contribution is 2.23. The first-order valence-corrected chi connectivity index (χ1v) is 8.03. The van der Waals surface area contributed by atoms with E-state index in [1.165, 1.54) is 6.07 Å². The predicted molar refractivity (Wildman–Crippen MR) is 81.5 cm³/mol. The molecule has 1 aliphatic rings. The molecule has 0 saturated heterocycles. The number of non-ortho nitro benzene ring substituents is 1. The third-order valence-electron chi connectivity index (χ3n) is 3.40. The molecule has 0 aromatic heterocycles. The van der Waals surface area contributed by atoms with E-state index in [2.05, 4.69) is 10.0 Å². The molecule has 2 N–H and O–H groups in total. The molecule has 0 atom stereocenters. The number of hydrogen-bond acceptors (Lipinski definition) is 5. The summed E-state index contributed by atoms with van der Waals surface area (Å²) in [5, 5.41) is 13.2. The maximum absolute atomic E-state index is 12.3. The van der Waals surface area contributed by atoms with Crippen LogP contribution in [0.3, 0.4) is 0 Å². The summed E-state index contributed by atoms with van der Waals surface area (Å²) in [6, 6.07) is 9.22. The Hall–Kier alpha value is -2.94. The van der Waals surface area contributed by atoms with Gasteiger partial charge in [0.2, 0.25) is 0 Å². The monoisotopic (exact) mass is 333 g/mol. The standard InChI is InChI=1S/C14H11N3O5S/c18-14-13-7-10(2-1-9(13)8-15-14)16-23(21,22)12-5-3-11(4-6-12)17(19)20/h1-7,16H,8H2,(H,15,18). The lowest BCUT2D eigenvalue weighted by Gasteiger charge is -2.09. The van der Waals surface area contributed by atoms with E-state index in [-0.39, 0.29) is 22.2 Å². The Balaban J connectivity index is 1.88. The molecule has 2 aromatic carbocycles. The third kappa shape index (κ3) is 2.86. The number of nitrogens with zero attached hydrogens (tertiary/aromatic N) is 1. The molecule has 0 aliphatic carbocycles. The molecule has 0 radical (unpaired) electrons. The highest BCUT2D eigenvalue weighted by molar-refractivity contribution is 7.92. The van der Waals surface area contributed by atoms with Crippen LogP contribution in [0.2, 0.25) is 0 Å². The first kappa shape index (κ1) is 15.0. The maximum Gasteiger partial charge on any atom is 0.269 e. The van der Waals surface area contributed by atoms with Gasteiger partial charge in [0, 0.05) is 29.9 Å². The van der Waals surface area contributed by atoms with Gasteiger partial charge in [0.25, 0.3) is 21.6 Å². The van der Waals surface area contributed by atoms with Crippen molar-refractivity contribution in [3.05, 3.63) is 63.7 Å². The molecular formula is C14H11N3O5S. The van der Waals surface area contributed by atoms with Crippen molar-refractivity contribution < 1.29 is 18.1 Å². The van der Waals surface area contributed by atoms with E-state index in [4.69, 9.17) is 0 Å². The van der Waals surface area contributed by atoms with Crippen LogP contribution in [-0.4, -0.2) is 19.2 Å². The number of carbonyl (C=O) groups excluding carboxylic acids is 1. The minimum Gasteiger partial charge on any atom is -0.348 e. The van der Waals surface area contributed by atoms with Crippen molar-refractivity contribution in [1.29, 1.82) is 0 Å². The lowest BCUT2D eigenvalue weighted by molar-refractivity contribution is -0.384. The normalized spacial score (nSPS) is 13.3. The Morgan fingerprint density at radius 2 is 1.83 bits per heavy atom. The number of nitrogens with one attached hydrogen (secondary N) is 2. The first-order valence-electron chi connectivity index (χ1n) is 6.55. The van der Waals surface area contributed by atoms with Gasteiger partial charge >= 0.3 is 0 Å². The quantitative estimate of drug-likeness (QED) is 0.651. The van der Waals surface area contributed by atoms with Crippen LogP contribution in [0.4, 0.5) is 11.4 Å². The second-order valence-electron chi connectivity index (χ2n) is 4.91. The van der Waals surface area contributed by atoms with Gasteiger partial charge in [0.1, 0.15) is 0 Å². The smallest absolute Gasteiger partial charge is 0.269 e. The van der Waals surface area contributed by atoms with Gasteiger partial charge in [-0.25, -0.2) is 8.42 Å². The summed E-state index contributed by atoms with van der Waals surface area (Å²) in [5.41, 5.74) is 1.28. The van der Waals surface area contributed by atoms with Crippen LogP contribution in [0, 0.1) is 10.1 Å². The number of hydrogen-bond donors (Lipinski definition) is 2. The number of benzene rings is 2. The minimum absolute atomic E-state index is 0.104. The molecule has 0 spiro atoms. The number of amides is 1. The second-order valence-corrected chi connectivity index (χ2v) is 6.59. The van der Waals surface area contributed by atoms with Gasteiger partial charge in [-0.1, -0.05) is 6.07 Å². The lowest BCUT2D eigenvalue weighted by Crippen LogP contribution is -2.14. The molecule has 0 fully saturated rings. The molecule has 1 amide bonds. The second kappa shape index (κ2) is 5.36. The molecule has 1 heterocycles. The lowest BCUT2D eigenvalue weighted by atomic mass is 10.1. The van der Waals surface area contributed by atoms with Crippen molar-refractivity contribution >= 4 is 27.3 Å². The van der Waals surface area contributed by atoms with Gasteiger partial charge in [0.05, 0.1) is 9.82 Å². The van der Waals surface area contributed by atoms with Gasteiger partial charge in [-0.2, -0.15) is 0 Å². The van der Waals surface area contributed by atoms with Crippen molar-refractivity contribution in [3.8, 4) is 0 Å². The van der Waals surface area contributed by atoms with Gasteiger partial charge < -0.3 is 5.32 Å². The number of anilines is 1. The molecule has 9 heteroatoms. The maximum atomic E-state index is 12.3. The van der Waals surface area contributed by atoms with E-state index < -0.39 is 14.9 Å². The fourth-order valence-electron chi connectivity index (χ4n) is 2.24. The SMILES string of the molecule is O=C1NCc2ccc(NS(=O)(=O)c3ccc([N+](=O)[O-])cc3)cc21. The summed E-state index contributed by atoms with van der Waals surface area (Å²) in [6.07, 6.45) is 0. The van der Waals surface area contributed by atoms with Crippen LogP contribution in [0.5, 0.6) is 0 Å². The molecular weight excluding hydrogens is 322 g/mol. The minimum atomic E-state index is -3.90. The molecule has 8 nitrogen and oxygen atoms in total. The van der Waals surface area contributed by atoms with Crippen molar-refractivity contribution in [2.75, 3.05) is 4.72 Å². The predicted octanol–water partition coefficient (Wildman–Crippen LogP) is 1.64. The van der Waals surface area contributed by atoms with E-state index in [0.717, 1.165) is 29.8 Å². The van der Waals surface area contributed by atoms with Crippen LogP contribution in [0.15, 0.2) is 47.4 Å². The molecule has 23 heavy (non-hydrogen) atoms. The average Bonchev–Trinajstić information content (AvgIpc) is 2.88. The number of nitro groups is 1. The van der Waals surface area contributed by atoms with E-state index in [9.17, 15) is 23.3 Å². The average molecular weight is 333 g/mol. The van der Waals surface area contributed by atoms with Crippen molar-refractivity contribution in [3.63, 3.8) is 0 Å². The molecule has 3 rings (SSSR count). The van der Waals surface area contributed by atoms with Crippen LogP contribution in [0.25, 0.3) is 0 Å². The van der Waals surface area contributed by atoms with Gasteiger partial charge in [-0.3, -0.25) is 19.6 Å². The van der Waals surface area contributed by atoms with Gasteiger partial charge in [0.15, 0.2) is 0 Å². The molecule has 0 bridgehead atoms. The zero-order chi connectivity index (χ0) is 16.6.